The smallest absolute Gasteiger partial charge is 0.0675 e. The Kier molecular flexibility index (Phi) is 4.33. The van der Waals surface area contributed by atoms with Gasteiger partial charge in [-0.15, -0.1) is 0 Å². The highest BCUT2D eigenvalue weighted by Crippen LogP contribution is 2.04. The fourth-order valence-corrected chi connectivity index (χ4v) is 1.24. The highest BCUT2D eigenvalue weighted by Gasteiger charge is 1.94. The largest absolute Gasteiger partial charge is 0.372 e. The molecule has 0 saturated carbocycles. The fraction of sp³-hybridized carbons (Fsp3) is 0.455. The normalized spacial score (nSPS) is 10.4. The molecule has 1 rings (SSSR count). The van der Waals surface area contributed by atoms with Gasteiger partial charge in [0, 0.05) is 5.69 Å². The predicted molar refractivity (Wildman–Crippen MR) is 57.9 cm³/mol. The van der Waals surface area contributed by atoms with Crippen LogP contribution < -0.4 is 5.32 Å². The Balaban J connectivity index is 2.27. The standard InChI is InChI=1S/C11H18N2/c1-3-9-13(2)10-12-11-7-5-4-6-8-11/h4-8,12H,3,9-10H2,1-2H3. The lowest BCUT2D eigenvalue weighted by molar-refractivity contribution is 0.358. The number of nitrogens with one attached hydrogen (secondary N) is 1. The van der Waals surface area contributed by atoms with Crippen molar-refractivity contribution in [2.45, 2.75) is 13.3 Å². The maximum atomic E-state index is 3.36. The van der Waals surface area contributed by atoms with Crippen LogP contribution >= 0.6 is 0 Å². The van der Waals surface area contributed by atoms with Crippen molar-refractivity contribution in [2.75, 3.05) is 25.6 Å². The first kappa shape index (κ1) is 10.1. The lowest BCUT2D eigenvalue weighted by Crippen LogP contribution is -2.25. The van der Waals surface area contributed by atoms with E-state index >= 15 is 0 Å². The molecule has 72 valence electrons. The van der Waals surface area contributed by atoms with Crippen LogP contribution in [0.25, 0.3) is 0 Å². The first-order valence-electron chi connectivity index (χ1n) is 4.80. The summed E-state index contributed by atoms with van der Waals surface area (Å²) in [7, 11) is 2.12. The van der Waals surface area contributed by atoms with Gasteiger partial charge in [0.2, 0.25) is 0 Å². The third-order valence-electron chi connectivity index (χ3n) is 1.93. The number of benzene rings is 1. The van der Waals surface area contributed by atoms with Gasteiger partial charge in [-0.1, -0.05) is 25.1 Å². The fourth-order valence-electron chi connectivity index (χ4n) is 1.24. The molecule has 0 spiro atoms. The molecular formula is C11H18N2. The zero-order valence-corrected chi connectivity index (χ0v) is 8.46. The van der Waals surface area contributed by atoms with Gasteiger partial charge in [-0.05, 0) is 32.1 Å². The van der Waals surface area contributed by atoms with Crippen molar-refractivity contribution in [2.24, 2.45) is 0 Å². The molecule has 0 atom stereocenters. The van der Waals surface area contributed by atoms with Crippen molar-refractivity contribution in [3.63, 3.8) is 0 Å². The van der Waals surface area contributed by atoms with Crippen LogP contribution in [0.2, 0.25) is 0 Å². The van der Waals surface area contributed by atoms with Gasteiger partial charge in [0.1, 0.15) is 0 Å². The molecule has 1 aromatic carbocycles. The molecule has 0 unspecified atom stereocenters. The zero-order valence-electron chi connectivity index (χ0n) is 8.46. The van der Waals surface area contributed by atoms with Gasteiger partial charge in [-0.2, -0.15) is 0 Å². The highest BCUT2D eigenvalue weighted by molar-refractivity contribution is 5.42. The van der Waals surface area contributed by atoms with Crippen LogP contribution in [0.1, 0.15) is 13.3 Å². The molecule has 0 amide bonds. The summed E-state index contributed by atoms with van der Waals surface area (Å²) in [5.41, 5.74) is 1.19. The predicted octanol–water partition coefficient (Wildman–Crippen LogP) is 2.40. The van der Waals surface area contributed by atoms with E-state index in [9.17, 15) is 0 Å². The molecule has 0 radical (unpaired) electrons. The SMILES string of the molecule is CCCN(C)CNc1ccccc1. The molecule has 0 saturated heterocycles. The third kappa shape index (κ3) is 3.95. The van der Waals surface area contributed by atoms with Gasteiger partial charge in [0.05, 0.1) is 6.67 Å². The quantitative estimate of drug-likeness (QED) is 0.696. The van der Waals surface area contributed by atoms with Crippen molar-refractivity contribution in [3.8, 4) is 0 Å². The monoisotopic (exact) mass is 178 g/mol. The molecule has 0 bridgehead atoms. The maximum absolute atomic E-state index is 3.36. The van der Waals surface area contributed by atoms with E-state index in [1.807, 2.05) is 18.2 Å². The van der Waals surface area contributed by atoms with Crippen molar-refractivity contribution in [1.29, 1.82) is 0 Å². The third-order valence-corrected chi connectivity index (χ3v) is 1.93. The minimum Gasteiger partial charge on any atom is -0.372 e. The van der Waals surface area contributed by atoms with Crippen LogP contribution in [0.5, 0.6) is 0 Å². The second kappa shape index (κ2) is 5.60. The average Bonchev–Trinajstić information content (AvgIpc) is 2.17. The molecule has 0 aromatic heterocycles. The van der Waals surface area contributed by atoms with E-state index < -0.39 is 0 Å². The van der Waals surface area contributed by atoms with Gasteiger partial charge in [0.25, 0.3) is 0 Å². The Morgan fingerprint density at radius 1 is 1.23 bits per heavy atom. The molecule has 0 heterocycles. The minimum atomic E-state index is 0.915. The molecule has 0 aliphatic carbocycles. The second-order valence-corrected chi connectivity index (χ2v) is 3.28. The van der Waals surface area contributed by atoms with E-state index in [1.54, 1.807) is 0 Å². The summed E-state index contributed by atoms with van der Waals surface area (Å²) >= 11 is 0. The summed E-state index contributed by atoms with van der Waals surface area (Å²) in [6.45, 7) is 4.25. The molecule has 2 heteroatoms. The van der Waals surface area contributed by atoms with E-state index in [0.717, 1.165) is 13.2 Å². The van der Waals surface area contributed by atoms with E-state index in [-0.39, 0.29) is 0 Å². The minimum absolute atomic E-state index is 0.915. The lowest BCUT2D eigenvalue weighted by atomic mass is 10.3. The zero-order chi connectivity index (χ0) is 9.52. The van der Waals surface area contributed by atoms with Gasteiger partial charge < -0.3 is 5.32 Å². The number of para-hydroxylation sites is 1. The second-order valence-electron chi connectivity index (χ2n) is 3.28. The molecule has 0 fully saturated rings. The summed E-state index contributed by atoms with van der Waals surface area (Å²) in [6, 6.07) is 10.3. The van der Waals surface area contributed by atoms with Gasteiger partial charge >= 0.3 is 0 Å². The summed E-state index contributed by atoms with van der Waals surface area (Å²) in [5, 5.41) is 3.36. The van der Waals surface area contributed by atoms with Crippen LogP contribution in [0, 0.1) is 0 Å². The highest BCUT2D eigenvalue weighted by atomic mass is 15.2. The van der Waals surface area contributed by atoms with Gasteiger partial charge in [-0.3, -0.25) is 4.90 Å². The van der Waals surface area contributed by atoms with Crippen molar-refractivity contribution in [3.05, 3.63) is 30.3 Å². The van der Waals surface area contributed by atoms with Crippen molar-refractivity contribution in [1.82, 2.24) is 4.90 Å². The number of hydrogen-bond donors (Lipinski definition) is 1. The van der Waals surface area contributed by atoms with Crippen molar-refractivity contribution >= 4 is 5.69 Å². The Bertz CT molecular complexity index is 221. The summed E-state index contributed by atoms with van der Waals surface area (Å²) in [5.74, 6) is 0. The lowest BCUT2D eigenvalue weighted by Gasteiger charge is -2.16. The van der Waals surface area contributed by atoms with Crippen LogP contribution in [0.15, 0.2) is 30.3 Å². The van der Waals surface area contributed by atoms with E-state index in [1.165, 1.54) is 12.1 Å². The number of rotatable bonds is 5. The summed E-state index contributed by atoms with van der Waals surface area (Å²) < 4.78 is 0. The van der Waals surface area contributed by atoms with Crippen LogP contribution in [0.4, 0.5) is 5.69 Å². The summed E-state index contributed by atoms with van der Waals surface area (Å²) in [6.07, 6.45) is 1.20. The molecule has 1 aromatic rings. The first-order chi connectivity index (χ1) is 6.33. The van der Waals surface area contributed by atoms with E-state index in [4.69, 9.17) is 0 Å². The Morgan fingerprint density at radius 2 is 1.92 bits per heavy atom. The number of hydrogen-bond acceptors (Lipinski definition) is 2. The Morgan fingerprint density at radius 3 is 2.54 bits per heavy atom. The Labute approximate surface area is 80.6 Å². The molecule has 0 aliphatic rings. The first-order valence-corrected chi connectivity index (χ1v) is 4.80. The molecule has 2 nitrogen and oxygen atoms in total. The maximum Gasteiger partial charge on any atom is 0.0675 e. The van der Waals surface area contributed by atoms with Crippen LogP contribution in [-0.4, -0.2) is 25.2 Å². The van der Waals surface area contributed by atoms with Gasteiger partial charge in [0.15, 0.2) is 0 Å². The van der Waals surface area contributed by atoms with Crippen LogP contribution in [0.3, 0.4) is 0 Å². The molecule has 0 aliphatic heterocycles. The van der Waals surface area contributed by atoms with E-state index in [2.05, 4.69) is 36.3 Å². The molecular weight excluding hydrogens is 160 g/mol. The van der Waals surface area contributed by atoms with Crippen LogP contribution in [-0.2, 0) is 0 Å². The van der Waals surface area contributed by atoms with E-state index in [0.29, 0.717) is 0 Å². The molecule has 1 N–H and O–H groups in total. The van der Waals surface area contributed by atoms with Gasteiger partial charge in [-0.25, -0.2) is 0 Å². The molecule has 13 heavy (non-hydrogen) atoms. The Hall–Kier alpha value is -1.02. The van der Waals surface area contributed by atoms with Crippen molar-refractivity contribution < 1.29 is 0 Å². The number of anilines is 1. The number of nitrogens with zero attached hydrogens (tertiary/aromatic N) is 1. The summed E-state index contributed by atoms with van der Waals surface area (Å²) in [4.78, 5) is 2.27. The topological polar surface area (TPSA) is 15.3 Å². The average molecular weight is 178 g/mol.